The van der Waals surface area contributed by atoms with Gasteiger partial charge in [0.15, 0.2) is 5.17 Å². The number of benzene rings is 3. The molecular formula is C28H23N5O3S. The maximum Gasteiger partial charge on any atom is 0.271 e. The quantitative estimate of drug-likeness (QED) is 0.391. The Hall–Kier alpha value is -4.37. The molecule has 2 aliphatic heterocycles. The summed E-state index contributed by atoms with van der Waals surface area (Å²) < 4.78 is 5.23. The molecule has 8 nitrogen and oxygen atoms in total. The van der Waals surface area contributed by atoms with E-state index in [9.17, 15) is 9.59 Å². The molecule has 184 valence electrons. The van der Waals surface area contributed by atoms with Gasteiger partial charge in [-0.3, -0.25) is 14.5 Å². The van der Waals surface area contributed by atoms with Crippen molar-refractivity contribution in [1.29, 1.82) is 0 Å². The van der Waals surface area contributed by atoms with E-state index >= 15 is 0 Å². The highest BCUT2D eigenvalue weighted by molar-refractivity contribution is 8.14. The lowest BCUT2D eigenvalue weighted by Gasteiger charge is -2.31. The van der Waals surface area contributed by atoms with Crippen LogP contribution in [0.4, 0.5) is 11.4 Å². The van der Waals surface area contributed by atoms with Gasteiger partial charge in [-0.05, 0) is 35.9 Å². The molecule has 1 unspecified atom stereocenters. The van der Waals surface area contributed by atoms with Gasteiger partial charge in [-0.15, -0.1) is 0 Å². The number of thioether (sulfide) groups is 1. The minimum atomic E-state index is -0.546. The Balaban J connectivity index is 1.27. The lowest BCUT2D eigenvalue weighted by atomic mass is 10.0. The zero-order chi connectivity index (χ0) is 25.4. The summed E-state index contributed by atoms with van der Waals surface area (Å²) in [7, 11) is 1.58. The van der Waals surface area contributed by atoms with E-state index in [1.54, 1.807) is 19.2 Å². The van der Waals surface area contributed by atoms with Crippen molar-refractivity contribution in [3.63, 3.8) is 0 Å². The van der Waals surface area contributed by atoms with Gasteiger partial charge < -0.3 is 15.0 Å². The zero-order valence-electron chi connectivity index (χ0n) is 20.0. The van der Waals surface area contributed by atoms with Gasteiger partial charge in [-0.1, -0.05) is 48.2 Å². The number of ether oxygens (including phenoxy) is 1. The van der Waals surface area contributed by atoms with Crippen LogP contribution < -0.4 is 10.1 Å². The zero-order valence-corrected chi connectivity index (χ0v) is 20.8. The SMILES string of the molecule is COc1cccc(NC(=O)CSC2=Nc3ccccc3C3=NC(=O)C(Cc4c[nH]c5ccccc45)N23)c1. The number of nitrogens with one attached hydrogen (secondary N) is 2. The summed E-state index contributed by atoms with van der Waals surface area (Å²) in [6.07, 6.45) is 2.41. The number of nitrogens with zero attached hydrogens (tertiary/aromatic N) is 3. The first-order valence-electron chi connectivity index (χ1n) is 11.8. The van der Waals surface area contributed by atoms with E-state index in [0.29, 0.717) is 28.9 Å². The first kappa shape index (κ1) is 23.1. The Morgan fingerprint density at radius 1 is 1.08 bits per heavy atom. The number of anilines is 1. The van der Waals surface area contributed by atoms with E-state index < -0.39 is 6.04 Å². The number of aromatic amines is 1. The number of para-hydroxylation sites is 2. The molecule has 37 heavy (non-hydrogen) atoms. The molecule has 9 heteroatoms. The number of amidine groups is 2. The van der Waals surface area contributed by atoms with Crippen LogP contribution in [0.15, 0.2) is 89.0 Å². The smallest absolute Gasteiger partial charge is 0.271 e. The minimum Gasteiger partial charge on any atom is -0.497 e. The van der Waals surface area contributed by atoms with Crippen molar-refractivity contribution >= 4 is 56.9 Å². The van der Waals surface area contributed by atoms with Gasteiger partial charge in [0.2, 0.25) is 5.91 Å². The third kappa shape index (κ3) is 4.38. The molecule has 0 saturated heterocycles. The molecule has 3 heterocycles. The predicted molar refractivity (Wildman–Crippen MR) is 147 cm³/mol. The van der Waals surface area contributed by atoms with Gasteiger partial charge in [0.1, 0.15) is 17.6 Å². The number of fused-ring (bicyclic) bond motifs is 4. The van der Waals surface area contributed by atoms with Gasteiger partial charge >= 0.3 is 0 Å². The summed E-state index contributed by atoms with van der Waals surface area (Å²) >= 11 is 1.29. The van der Waals surface area contributed by atoms with E-state index in [1.165, 1.54) is 11.8 Å². The number of amides is 2. The summed E-state index contributed by atoms with van der Waals surface area (Å²) in [4.78, 5) is 40.4. The molecular weight excluding hydrogens is 486 g/mol. The van der Waals surface area contributed by atoms with Crippen LogP contribution >= 0.6 is 11.8 Å². The van der Waals surface area contributed by atoms with Crippen LogP contribution in [0.3, 0.4) is 0 Å². The molecule has 1 aromatic heterocycles. The fourth-order valence-electron chi connectivity index (χ4n) is 4.64. The number of methoxy groups -OCH3 is 1. The highest BCUT2D eigenvalue weighted by atomic mass is 32.2. The standard InChI is InChI=1S/C28H23N5O3S/c1-36-19-8-6-7-18(14-19)30-25(34)16-37-28-31-23-12-5-3-10-21(23)26-32-27(35)24(33(26)28)13-17-15-29-22-11-4-2-9-20(17)22/h2-12,14-15,24,29H,13,16H2,1H3,(H,30,34). The lowest BCUT2D eigenvalue weighted by Crippen LogP contribution is -2.45. The van der Waals surface area contributed by atoms with Crippen LogP contribution in [0.5, 0.6) is 5.75 Å². The maximum absolute atomic E-state index is 13.2. The molecule has 2 aliphatic rings. The van der Waals surface area contributed by atoms with Crippen molar-refractivity contribution in [2.75, 3.05) is 18.2 Å². The monoisotopic (exact) mass is 509 g/mol. The molecule has 0 radical (unpaired) electrons. The number of carbonyl (C=O) groups excluding carboxylic acids is 2. The van der Waals surface area contributed by atoms with Gasteiger partial charge in [-0.25, -0.2) is 4.99 Å². The number of H-pyrrole nitrogens is 1. The number of aliphatic imine (C=N–C) groups is 2. The predicted octanol–water partition coefficient (Wildman–Crippen LogP) is 4.75. The third-order valence-electron chi connectivity index (χ3n) is 6.38. The van der Waals surface area contributed by atoms with Gasteiger partial charge in [0.05, 0.1) is 18.6 Å². The molecule has 0 fully saturated rings. The Bertz CT molecular complexity index is 1590. The summed E-state index contributed by atoms with van der Waals surface area (Å²) in [6.45, 7) is 0. The average Bonchev–Trinajstić information content (AvgIpc) is 3.48. The average molecular weight is 510 g/mol. The second kappa shape index (κ2) is 9.59. The third-order valence-corrected chi connectivity index (χ3v) is 7.33. The summed E-state index contributed by atoms with van der Waals surface area (Å²) in [5.74, 6) is 0.963. The van der Waals surface area contributed by atoms with E-state index in [0.717, 1.165) is 27.7 Å². The molecule has 6 rings (SSSR count). The molecule has 1 atom stereocenters. The van der Waals surface area contributed by atoms with Gasteiger partial charge in [0, 0.05) is 40.8 Å². The lowest BCUT2D eigenvalue weighted by molar-refractivity contribution is -0.119. The topological polar surface area (TPSA) is 99.1 Å². The first-order valence-corrected chi connectivity index (χ1v) is 12.8. The Labute approximate surface area is 217 Å². The molecule has 2 amide bonds. The Kier molecular flexibility index (Phi) is 5.97. The Morgan fingerprint density at radius 3 is 2.81 bits per heavy atom. The molecule has 0 bridgehead atoms. The van der Waals surface area contributed by atoms with E-state index in [-0.39, 0.29) is 17.6 Å². The molecule has 3 aromatic carbocycles. The maximum atomic E-state index is 13.2. The minimum absolute atomic E-state index is 0.121. The highest BCUT2D eigenvalue weighted by Crippen LogP contribution is 2.35. The van der Waals surface area contributed by atoms with Crippen molar-refractivity contribution in [1.82, 2.24) is 9.88 Å². The summed E-state index contributed by atoms with van der Waals surface area (Å²) in [5, 5.41) is 4.55. The molecule has 0 aliphatic carbocycles. The second-order valence-electron chi connectivity index (χ2n) is 8.70. The highest BCUT2D eigenvalue weighted by Gasteiger charge is 2.42. The number of hydrogen-bond donors (Lipinski definition) is 2. The molecule has 4 aromatic rings. The number of hydrogen-bond acceptors (Lipinski definition) is 6. The largest absolute Gasteiger partial charge is 0.497 e. The fraction of sp³-hybridized carbons (Fsp3) is 0.143. The van der Waals surface area contributed by atoms with Crippen molar-refractivity contribution in [3.8, 4) is 5.75 Å². The van der Waals surface area contributed by atoms with E-state index in [2.05, 4.69) is 15.3 Å². The van der Waals surface area contributed by atoms with E-state index in [1.807, 2.05) is 71.8 Å². The van der Waals surface area contributed by atoms with Crippen LogP contribution in [0.1, 0.15) is 11.1 Å². The number of aromatic nitrogens is 1. The van der Waals surface area contributed by atoms with Crippen LogP contribution in [0.25, 0.3) is 10.9 Å². The van der Waals surface area contributed by atoms with Crippen molar-refractivity contribution in [3.05, 3.63) is 90.1 Å². The van der Waals surface area contributed by atoms with Crippen LogP contribution in [0, 0.1) is 0 Å². The molecule has 0 spiro atoms. The summed E-state index contributed by atoms with van der Waals surface area (Å²) in [5.41, 5.74) is 4.24. The van der Waals surface area contributed by atoms with Crippen LogP contribution in [-0.4, -0.2) is 51.6 Å². The van der Waals surface area contributed by atoms with Crippen LogP contribution in [-0.2, 0) is 16.0 Å². The number of carbonyl (C=O) groups is 2. The molecule has 0 saturated carbocycles. The van der Waals surface area contributed by atoms with Crippen molar-refractivity contribution in [2.45, 2.75) is 12.5 Å². The Morgan fingerprint density at radius 2 is 1.92 bits per heavy atom. The second-order valence-corrected chi connectivity index (χ2v) is 9.65. The van der Waals surface area contributed by atoms with Gasteiger partial charge in [-0.2, -0.15) is 4.99 Å². The van der Waals surface area contributed by atoms with Gasteiger partial charge in [0.25, 0.3) is 5.91 Å². The van der Waals surface area contributed by atoms with E-state index in [4.69, 9.17) is 9.73 Å². The first-order chi connectivity index (χ1) is 18.1. The normalized spacial score (nSPS) is 16.2. The number of rotatable bonds is 6. The summed E-state index contributed by atoms with van der Waals surface area (Å²) in [6, 6.07) is 22.3. The fourth-order valence-corrected chi connectivity index (χ4v) is 5.49. The van der Waals surface area contributed by atoms with Crippen LogP contribution in [0.2, 0.25) is 0 Å². The van der Waals surface area contributed by atoms with Crippen molar-refractivity contribution < 1.29 is 14.3 Å². The van der Waals surface area contributed by atoms with Crippen molar-refractivity contribution in [2.24, 2.45) is 9.98 Å². The molecule has 2 N–H and O–H groups in total.